The Morgan fingerprint density at radius 3 is 2.74 bits per heavy atom. The molecule has 0 aliphatic rings. The molecule has 0 atom stereocenters. The molecule has 1 aromatic heterocycles. The van der Waals surface area contributed by atoms with Crippen molar-refractivity contribution in [2.24, 2.45) is 5.73 Å². The van der Waals surface area contributed by atoms with Gasteiger partial charge in [-0.25, -0.2) is 0 Å². The lowest BCUT2D eigenvalue weighted by Gasteiger charge is -2.09. The molecule has 0 spiro atoms. The van der Waals surface area contributed by atoms with Gasteiger partial charge in [0.2, 0.25) is 0 Å². The molecule has 2 N–H and O–H groups in total. The average molecular weight is 250 g/mol. The van der Waals surface area contributed by atoms with E-state index in [9.17, 15) is 0 Å². The average Bonchev–Trinajstić information content (AvgIpc) is 2.48. The van der Waals surface area contributed by atoms with Crippen molar-refractivity contribution in [3.05, 3.63) is 66.5 Å². The summed E-state index contributed by atoms with van der Waals surface area (Å²) >= 11 is 0. The zero-order valence-electron chi connectivity index (χ0n) is 10.4. The van der Waals surface area contributed by atoms with E-state index in [1.165, 1.54) is 0 Å². The minimum Gasteiger partial charge on any atom is -0.455 e. The van der Waals surface area contributed by atoms with Crippen LogP contribution in [0.2, 0.25) is 0 Å². The molecule has 0 saturated heterocycles. The monoisotopic (exact) mass is 250 g/mol. The fourth-order valence-corrected chi connectivity index (χ4v) is 2.04. The Labute approximate surface area is 111 Å². The summed E-state index contributed by atoms with van der Waals surface area (Å²) in [6, 6.07) is 16.1. The van der Waals surface area contributed by atoms with Crippen LogP contribution in [0.3, 0.4) is 0 Å². The molecule has 2 aromatic carbocycles. The molecular formula is C16H14N2O. The predicted octanol–water partition coefficient (Wildman–Crippen LogP) is 3.49. The van der Waals surface area contributed by atoms with E-state index in [0.29, 0.717) is 12.3 Å². The van der Waals surface area contributed by atoms with Crippen LogP contribution in [0, 0.1) is 0 Å². The molecule has 0 aliphatic carbocycles. The molecule has 1 heterocycles. The highest BCUT2D eigenvalue weighted by atomic mass is 16.5. The third-order valence-corrected chi connectivity index (χ3v) is 2.98. The van der Waals surface area contributed by atoms with Gasteiger partial charge in [-0.3, -0.25) is 4.98 Å². The first-order chi connectivity index (χ1) is 9.36. The van der Waals surface area contributed by atoms with Gasteiger partial charge in [-0.15, -0.1) is 0 Å². The molecule has 0 fully saturated rings. The van der Waals surface area contributed by atoms with Crippen molar-refractivity contribution in [3.8, 4) is 11.5 Å². The zero-order valence-corrected chi connectivity index (χ0v) is 10.4. The largest absolute Gasteiger partial charge is 0.455 e. The first kappa shape index (κ1) is 11.7. The second-order valence-corrected chi connectivity index (χ2v) is 4.31. The third-order valence-electron chi connectivity index (χ3n) is 2.98. The van der Waals surface area contributed by atoms with Gasteiger partial charge in [0.05, 0.1) is 6.20 Å². The maximum Gasteiger partial charge on any atom is 0.146 e. The van der Waals surface area contributed by atoms with Gasteiger partial charge in [-0.05, 0) is 23.1 Å². The van der Waals surface area contributed by atoms with E-state index in [2.05, 4.69) is 17.1 Å². The summed E-state index contributed by atoms with van der Waals surface area (Å²) in [7, 11) is 0. The third kappa shape index (κ3) is 2.41. The number of nitrogens with zero attached hydrogens (tertiary/aromatic N) is 1. The first-order valence-corrected chi connectivity index (χ1v) is 6.16. The van der Waals surface area contributed by atoms with Gasteiger partial charge in [0.15, 0.2) is 0 Å². The minimum absolute atomic E-state index is 0.458. The highest BCUT2D eigenvalue weighted by Gasteiger charge is 2.03. The topological polar surface area (TPSA) is 48.1 Å². The SMILES string of the molecule is NCc1cncc(Oc2cccc3ccccc23)c1. The maximum absolute atomic E-state index is 5.92. The van der Waals surface area contributed by atoms with E-state index in [1.807, 2.05) is 36.4 Å². The maximum atomic E-state index is 5.92. The Morgan fingerprint density at radius 2 is 1.84 bits per heavy atom. The van der Waals surface area contributed by atoms with E-state index in [1.54, 1.807) is 12.4 Å². The highest BCUT2D eigenvalue weighted by molar-refractivity contribution is 5.88. The summed E-state index contributed by atoms with van der Waals surface area (Å²) in [6.45, 7) is 0.458. The van der Waals surface area contributed by atoms with Gasteiger partial charge >= 0.3 is 0 Å². The number of ether oxygens (including phenoxy) is 1. The highest BCUT2D eigenvalue weighted by Crippen LogP contribution is 2.29. The molecule has 3 aromatic rings. The van der Waals surface area contributed by atoms with Crippen LogP contribution in [0.5, 0.6) is 11.5 Å². The lowest BCUT2D eigenvalue weighted by atomic mass is 10.1. The van der Waals surface area contributed by atoms with Crippen molar-refractivity contribution in [1.82, 2.24) is 4.98 Å². The Hall–Kier alpha value is -2.39. The van der Waals surface area contributed by atoms with Crippen LogP contribution in [-0.4, -0.2) is 4.98 Å². The van der Waals surface area contributed by atoms with Crippen LogP contribution in [0.15, 0.2) is 60.9 Å². The van der Waals surface area contributed by atoms with E-state index in [4.69, 9.17) is 10.5 Å². The molecule has 0 aliphatic heterocycles. The lowest BCUT2D eigenvalue weighted by Crippen LogP contribution is -1.97. The van der Waals surface area contributed by atoms with Crippen LogP contribution in [0.4, 0.5) is 0 Å². The van der Waals surface area contributed by atoms with Gasteiger partial charge in [0, 0.05) is 18.1 Å². The van der Waals surface area contributed by atoms with Crippen LogP contribution in [-0.2, 0) is 6.54 Å². The number of aromatic nitrogens is 1. The minimum atomic E-state index is 0.458. The number of hydrogen-bond donors (Lipinski definition) is 1. The summed E-state index contributed by atoms with van der Waals surface area (Å²) in [4.78, 5) is 4.13. The number of benzene rings is 2. The molecule has 3 rings (SSSR count). The standard InChI is InChI=1S/C16H14N2O/c17-9-12-8-14(11-18-10-12)19-16-7-3-5-13-4-1-2-6-15(13)16/h1-8,10-11H,9,17H2. The van der Waals surface area contributed by atoms with Crippen molar-refractivity contribution in [2.45, 2.75) is 6.54 Å². The van der Waals surface area contributed by atoms with Crippen LogP contribution < -0.4 is 10.5 Å². The van der Waals surface area contributed by atoms with Gasteiger partial charge in [-0.1, -0.05) is 36.4 Å². The Morgan fingerprint density at radius 1 is 1.00 bits per heavy atom. The van der Waals surface area contributed by atoms with Crippen LogP contribution >= 0.6 is 0 Å². The van der Waals surface area contributed by atoms with Gasteiger partial charge in [0.25, 0.3) is 0 Å². The number of rotatable bonds is 3. The first-order valence-electron chi connectivity index (χ1n) is 6.16. The zero-order chi connectivity index (χ0) is 13.1. The quantitative estimate of drug-likeness (QED) is 0.774. The van der Waals surface area contributed by atoms with Crippen molar-refractivity contribution in [2.75, 3.05) is 0 Å². The van der Waals surface area contributed by atoms with Crippen molar-refractivity contribution < 1.29 is 4.74 Å². The predicted molar refractivity (Wildman–Crippen MR) is 76.2 cm³/mol. The normalized spacial score (nSPS) is 10.6. The Bertz CT molecular complexity index is 704. The summed E-state index contributed by atoms with van der Waals surface area (Å²) < 4.78 is 5.92. The molecule has 0 bridgehead atoms. The molecule has 3 heteroatoms. The number of nitrogens with two attached hydrogens (primary N) is 1. The van der Waals surface area contributed by atoms with Gasteiger partial charge < -0.3 is 10.5 Å². The van der Waals surface area contributed by atoms with Gasteiger partial charge in [0.1, 0.15) is 11.5 Å². The smallest absolute Gasteiger partial charge is 0.146 e. The van der Waals surface area contributed by atoms with Crippen LogP contribution in [0.25, 0.3) is 10.8 Å². The van der Waals surface area contributed by atoms with Crippen molar-refractivity contribution in [3.63, 3.8) is 0 Å². The number of pyridine rings is 1. The fourth-order valence-electron chi connectivity index (χ4n) is 2.04. The molecule has 0 unspecified atom stereocenters. The van der Waals surface area contributed by atoms with Crippen LogP contribution in [0.1, 0.15) is 5.56 Å². The molecule has 0 radical (unpaired) electrons. The number of hydrogen-bond acceptors (Lipinski definition) is 3. The van der Waals surface area contributed by atoms with Gasteiger partial charge in [-0.2, -0.15) is 0 Å². The van der Waals surface area contributed by atoms with Crippen molar-refractivity contribution in [1.29, 1.82) is 0 Å². The molecule has 19 heavy (non-hydrogen) atoms. The summed E-state index contributed by atoms with van der Waals surface area (Å²) in [6.07, 6.45) is 3.44. The van der Waals surface area contributed by atoms with E-state index >= 15 is 0 Å². The summed E-state index contributed by atoms with van der Waals surface area (Å²) in [5, 5.41) is 2.24. The number of fused-ring (bicyclic) bond motifs is 1. The second kappa shape index (κ2) is 5.08. The Kier molecular flexibility index (Phi) is 3.12. The van der Waals surface area contributed by atoms with E-state index < -0.39 is 0 Å². The van der Waals surface area contributed by atoms with E-state index in [0.717, 1.165) is 22.1 Å². The molecule has 94 valence electrons. The molecule has 0 saturated carbocycles. The Balaban J connectivity index is 2.01. The molecule has 0 amide bonds. The molecule has 3 nitrogen and oxygen atoms in total. The van der Waals surface area contributed by atoms with Crippen molar-refractivity contribution >= 4 is 10.8 Å². The lowest BCUT2D eigenvalue weighted by molar-refractivity contribution is 0.485. The molecular weight excluding hydrogens is 236 g/mol. The van der Waals surface area contributed by atoms with E-state index in [-0.39, 0.29) is 0 Å². The summed E-state index contributed by atoms with van der Waals surface area (Å²) in [5.41, 5.74) is 6.56. The second-order valence-electron chi connectivity index (χ2n) is 4.31. The summed E-state index contributed by atoms with van der Waals surface area (Å²) in [5.74, 6) is 1.54. The fraction of sp³-hybridized carbons (Fsp3) is 0.0625.